The van der Waals surface area contributed by atoms with Crippen LogP contribution in [0.5, 0.6) is 5.75 Å². The molecular weight excluding hydrogens is 400 g/mol. The lowest BCUT2D eigenvalue weighted by Crippen LogP contribution is -2.27. The smallest absolute Gasteiger partial charge is 0.293 e. The van der Waals surface area contributed by atoms with Gasteiger partial charge in [-0.15, -0.1) is 0 Å². The Hall–Kier alpha value is -2.77. The van der Waals surface area contributed by atoms with Crippen molar-refractivity contribution < 1.29 is 19.1 Å². The Morgan fingerprint density at radius 1 is 1.21 bits per heavy atom. The molecule has 0 aliphatic carbocycles. The number of carbonyl (C=O) groups excluding carboxylic acids is 3. The molecule has 1 saturated heterocycles. The Morgan fingerprint density at radius 2 is 1.96 bits per heavy atom. The number of hydrogen-bond acceptors (Lipinski definition) is 5. The zero-order valence-corrected chi connectivity index (χ0v) is 16.5. The number of imide groups is 1. The highest BCUT2D eigenvalue weighted by molar-refractivity contribution is 8.18. The predicted octanol–water partition coefficient (Wildman–Crippen LogP) is 4.41. The lowest BCUT2D eigenvalue weighted by Gasteiger charge is -2.09. The van der Waals surface area contributed by atoms with Crippen LogP contribution in [0.25, 0.3) is 6.08 Å². The summed E-state index contributed by atoms with van der Waals surface area (Å²) in [6.45, 7) is 1.89. The van der Waals surface area contributed by atoms with E-state index in [0.717, 1.165) is 11.8 Å². The van der Waals surface area contributed by atoms with Crippen molar-refractivity contribution in [3.05, 3.63) is 64.0 Å². The SMILES string of the molecule is CCN1C(=O)S/C(=C\c2ccc(OCC(=O)Nc3ccccc3)c(Cl)c2)C1=O. The summed E-state index contributed by atoms with van der Waals surface area (Å²) < 4.78 is 5.47. The molecule has 1 heterocycles. The molecule has 6 nitrogen and oxygen atoms in total. The number of benzene rings is 2. The number of amides is 3. The third-order valence-electron chi connectivity index (χ3n) is 3.86. The van der Waals surface area contributed by atoms with E-state index < -0.39 is 0 Å². The standard InChI is InChI=1S/C20H17ClN2O4S/c1-2-23-19(25)17(28-20(23)26)11-13-8-9-16(15(21)10-13)27-12-18(24)22-14-6-4-3-5-7-14/h3-11H,2,12H2,1H3,(H,22,24)/b17-11-. The topological polar surface area (TPSA) is 75.7 Å². The van der Waals surface area contributed by atoms with Crippen molar-refractivity contribution in [1.29, 1.82) is 0 Å². The minimum atomic E-state index is -0.313. The summed E-state index contributed by atoms with van der Waals surface area (Å²) in [5, 5.41) is 2.74. The fraction of sp³-hybridized carbons (Fsp3) is 0.150. The van der Waals surface area contributed by atoms with E-state index in [9.17, 15) is 14.4 Å². The van der Waals surface area contributed by atoms with Crippen LogP contribution >= 0.6 is 23.4 Å². The number of para-hydroxylation sites is 1. The van der Waals surface area contributed by atoms with Crippen LogP contribution in [-0.4, -0.2) is 35.1 Å². The van der Waals surface area contributed by atoms with Crippen LogP contribution in [0.3, 0.4) is 0 Å². The minimum Gasteiger partial charge on any atom is -0.482 e. The first-order valence-electron chi connectivity index (χ1n) is 8.50. The average molecular weight is 417 g/mol. The molecule has 144 valence electrons. The maximum Gasteiger partial charge on any atom is 0.293 e. The molecule has 0 spiro atoms. The quantitative estimate of drug-likeness (QED) is 0.706. The summed E-state index contributed by atoms with van der Waals surface area (Å²) >= 11 is 7.12. The van der Waals surface area contributed by atoms with Crippen molar-refractivity contribution >= 4 is 52.2 Å². The Bertz CT molecular complexity index is 946. The number of ether oxygens (including phenoxy) is 1. The normalized spacial score (nSPS) is 15.2. The number of likely N-dealkylation sites (N-methyl/N-ethyl adjacent to an activating group) is 1. The van der Waals surface area contributed by atoms with Gasteiger partial charge in [0.15, 0.2) is 6.61 Å². The lowest BCUT2D eigenvalue weighted by atomic mass is 10.2. The Kier molecular flexibility index (Phi) is 6.38. The summed E-state index contributed by atoms with van der Waals surface area (Å²) in [7, 11) is 0. The summed E-state index contributed by atoms with van der Waals surface area (Å²) in [4.78, 5) is 37.4. The van der Waals surface area contributed by atoms with Gasteiger partial charge in [-0.1, -0.05) is 35.9 Å². The largest absolute Gasteiger partial charge is 0.482 e. The van der Waals surface area contributed by atoms with Crippen molar-refractivity contribution in [3.63, 3.8) is 0 Å². The second-order valence-corrected chi connectivity index (χ2v) is 7.22. The third-order valence-corrected chi connectivity index (χ3v) is 5.06. The van der Waals surface area contributed by atoms with Crippen LogP contribution in [0.2, 0.25) is 5.02 Å². The maximum absolute atomic E-state index is 12.1. The van der Waals surface area contributed by atoms with E-state index in [4.69, 9.17) is 16.3 Å². The summed E-state index contributed by atoms with van der Waals surface area (Å²) in [6.07, 6.45) is 1.61. The molecule has 8 heteroatoms. The lowest BCUT2D eigenvalue weighted by molar-refractivity contribution is -0.122. The molecule has 0 saturated carbocycles. The number of thioether (sulfide) groups is 1. The molecule has 28 heavy (non-hydrogen) atoms. The van der Waals surface area contributed by atoms with Crippen molar-refractivity contribution in [3.8, 4) is 5.75 Å². The van der Waals surface area contributed by atoms with Crippen molar-refractivity contribution in [1.82, 2.24) is 4.90 Å². The van der Waals surface area contributed by atoms with Gasteiger partial charge in [-0.2, -0.15) is 0 Å². The number of rotatable bonds is 6. The van der Waals surface area contributed by atoms with E-state index in [2.05, 4.69) is 5.32 Å². The van der Waals surface area contributed by atoms with E-state index in [1.807, 2.05) is 18.2 Å². The van der Waals surface area contributed by atoms with Gasteiger partial charge in [0.2, 0.25) is 0 Å². The molecule has 0 aromatic heterocycles. The summed E-state index contributed by atoms with van der Waals surface area (Å²) in [6, 6.07) is 14.0. The van der Waals surface area contributed by atoms with Crippen LogP contribution < -0.4 is 10.1 Å². The highest BCUT2D eigenvalue weighted by Crippen LogP contribution is 2.33. The highest BCUT2D eigenvalue weighted by Gasteiger charge is 2.33. The molecule has 1 N–H and O–H groups in total. The number of halogens is 1. The van der Waals surface area contributed by atoms with Crippen molar-refractivity contribution in [2.45, 2.75) is 6.92 Å². The highest BCUT2D eigenvalue weighted by atomic mass is 35.5. The average Bonchev–Trinajstić information content (AvgIpc) is 2.94. The molecule has 2 aromatic carbocycles. The van der Waals surface area contributed by atoms with Gasteiger partial charge in [0.25, 0.3) is 17.1 Å². The molecule has 0 atom stereocenters. The molecule has 0 bridgehead atoms. The molecule has 3 rings (SSSR count). The zero-order valence-electron chi connectivity index (χ0n) is 15.0. The van der Waals surface area contributed by atoms with Crippen LogP contribution in [0.1, 0.15) is 12.5 Å². The third kappa shape index (κ3) is 4.74. The number of hydrogen-bond donors (Lipinski definition) is 1. The zero-order chi connectivity index (χ0) is 20.1. The maximum atomic E-state index is 12.1. The van der Waals surface area contributed by atoms with Gasteiger partial charge < -0.3 is 10.1 Å². The predicted molar refractivity (Wildman–Crippen MR) is 110 cm³/mol. The van der Waals surface area contributed by atoms with Gasteiger partial charge in [0.05, 0.1) is 9.93 Å². The Labute approximate surface area is 171 Å². The monoisotopic (exact) mass is 416 g/mol. The van der Waals surface area contributed by atoms with Crippen LogP contribution in [0, 0.1) is 0 Å². The van der Waals surface area contributed by atoms with Crippen molar-refractivity contribution in [2.75, 3.05) is 18.5 Å². The number of nitrogens with one attached hydrogen (secondary N) is 1. The molecule has 0 radical (unpaired) electrons. The molecule has 1 aliphatic rings. The summed E-state index contributed by atoms with van der Waals surface area (Å²) in [5.41, 5.74) is 1.34. The molecule has 1 aliphatic heterocycles. The Morgan fingerprint density at radius 3 is 2.61 bits per heavy atom. The second-order valence-electron chi connectivity index (χ2n) is 5.82. The van der Waals surface area contributed by atoms with E-state index in [-0.39, 0.29) is 23.7 Å². The summed E-state index contributed by atoms with van der Waals surface area (Å²) in [5.74, 6) is -0.269. The molecule has 2 aromatic rings. The molecule has 3 amide bonds. The van der Waals surface area contributed by atoms with E-state index in [0.29, 0.717) is 33.5 Å². The number of nitrogens with zero attached hydrogens (tertiary/aromatic N) is 1. The first kappa shape index (κ1) is 20.0. The molecule has 1 fully saturated rings. The van der Waals surface area contributed by atoms with Crippen LogP contribution in [0.15, 0.2) is 53.4 Å². The van der Waals surface area contributed by atoms with Gasteiger partial charge >= 0.3 is 0 Å². The molecule has 0 unspecified atom stereocenters. The van der Waals surface area contributed by atoms with Gasteiger partial charge in [0.1, 0.15) is 5.75 Å². The van der Waals surface area contributed by atoms with Crippen LogP contribution in [0.4, 0.5) is 10.5 Å². The fourth-order valence-corrected chi connectivity index (χ4v) is 3.66. The van der Waals surface area contributed by atoms with Gasteiger partial charge in [0, 0.05) is 12.2 Å². The van der Waals surface area contributed by atoms with E-state index in [1.165, 1.54) is 4.90 Å². The van der Waals surface area contributed by atoms with E-state index >= 15 is 0 Å². The Balaban J connectivity index is 1.63. The van der Waals surface area contributed by atoms with Gasteiger partial charge in [-0.25, -0.2) is 0 Å². The second kappa shape index (κ2) is 8.95. The first-order valence-corrected chi connectivity index (χ1v) is 9.70. The fourth-order valence-electron chi connectivity index (χ4n) is 2.51. The first-order chi connectivity index (χ1) is 13.5. The van der Waals surface area contributed by atoms with E-state index in [1.54, 1.807) is 43.3 Å². The number of carbonyl (C=O) groups is 3. The van der Waals surface area contributed by atoms with Gasteiger partial charge in [-0.3, -0.25) is 19.3 Å². The van der Waals surface area contributed by atoms with Crippen LogP contribution in [-0.2, 0) is 9.59 Å². The molecular formula is C20H17ClN2O4S. The minimum absolute atomic E-state index is 0.191. The number of anilines is 1. The van der Waals surface area contributed by atoms with Crippen molar-refractivity contribution in [2.24, 2.45) is 0 Å². The van der Waals surface area contributed by atoms with Gasteiger partial charge in [-0.05, 0) is 54.6 Å².